The van der Waals surface area contributed by atoms with Crippen molar-refractivity contribution in [1.29, 1.82) is 0 Å². The van der Waals surface area contributed by atoms with Crippen LogP contribution < -0.4 is 10.2 Å². The number of hydrogen-bond acceptors (Lipinski definition) is 6. The van der Waals surface area contributed by atoms with Crippen LogP contribution in [0.2, 0.25) is 0 Å². The van der Waals surface area contributed by atoms with Gasteiger partial charge in [0.25, 0.3) is 0 Å². The molecule has 0 spiro atoms. The van der Waals surface area contributed by atoms with E-state index in [2.05, 4.69) is 68.9 Å². The van der Waals surface area contributed by atoms with Crippen LogP contribution in [0.15, 0.2) is 60.2 Å². The molecule has 29 heavy (non-hydrogen) atoms. The highest BCUT2D eigenvalue weighted by Crippen LogP contribution is 2.26. The number of piperazine rings is 1. The van der Waals surface area contributed by atoms with E-state index in [0.717, 1.165) is 19.0 Å². The quantitative estimate of drug-likeness (QED) is 0.681. The molecular formula is C22H25N5OS. The number of benzene rings is 1. The Kier molecular flexibility index (Phi) is 6.17. The zero-order valence-electron chi connectivity index (χ0n) is 16.5. The first-order chi connectivity index (χ1) is 14.2. The maximum absolute atomic E-state index is 12.8. The lowest BCUT2D eigenvalue weighted by Gasteiger charge is -2.35. The molecule has 150 valence electrons. The lowest BCUT2D eigenvalue weighted by atomic mass is 10.0. The van der Waals surface area contributed by atoms with Crippen molar-refractivity contribution >= 4 is 23.2 Å². The molecule has 1 fully saturated rings. The van der Waals surface area contributed by atoms with Gasteiger partial charge in [0.15, 0.2) is 0 Å². The largest absolute Gasteiger partial charge is 0.338 e. The summed E-state index contributed by atoms with van der Waals surface area (Å²) in [4.78, 5) is 26.7. The van der Waals surface area contributed by atoms with E-state index in [4.69, 9.17) is 0 Å². The number of anilines is 1. The van der Waals surface area contributed by atoms with Crippen molar-refractivity contribution in [3.8, 4) is 0 Å². The van der Waals surface area contributed by atoms with Gasteiger partial charge < -0.3 is 9.80 Å². The third-order valence-electron chi connectivity index (χ3n) is 5.16. The zero-order chi connectivity index (χ0) is 20.1. The van der Waals surface area contributed by atoms with Crippen LogP contribution in [0.4, 0.5) is 5.95 Å². The molecule has 1 aliphatic rings. The topological polar surface area (TPSA) is 61.4 Å². The second-order valence-electron chi connectivity index (χ2n) is 7.16. The molecule has 1 atom stereocenters. The van der Waals surface area contributed by atoms with Crippen LogP contribution in [0.5, 0.6) is 0 Å². The van der Waals surface area contributed by atoms with Gasteiger partial charge in [-0.25, -0.2) is 9.97 Å². The van der Waals surface area contributed by atoms with Crippen molar-refractivity contribution < 1.29 is 4.79 Å². The summed E-state index contributed by atoms with van der Waals surface area (Å²) in [5.74, 6) is 0.863. The van der Waals surface area contributed by atoms with Crippen molar-refractivity contribution in [2.24, 2.45) is 0 Å². The molecule has 3 aromatic rings. The summed E-state index contributed by atoms with van der Waals surface area (Å²) in [7, 11) is 0. The summed E-state index contributed by atoms with van der Waals surface area (Å²) < 4.78 is 0. The molecule has 4 rings (SSSR count). The number of thiophene rings is 1. The van der Waals surface area contributed by atoms with Gasteiger partial charge in [0, 0.05) is 43.4 Å². The number of hydrogen-bond donors (Lipinski definition) is 1. The molecule has 2 aromatic heterocycles. The molecule has 6 nitrogen and oxygen atoms in total. The summed E-state index contributed by atoms with van der Waals surface area (Å²) in [6, 6.07) is 14.5. The first kappa shape index (κ1) is 19.5. The van der Waals surface area contributed by atoms with Crippen molar-refractivity contribution in [3.05, 3.63) is 76.2 Å². The maximum atomic E-state index is 12.8. The van der Waals surface area contributed by atoms with Gasteiger partial charge in [-0.2, -0.15) is 0 Å². The molecule has 1 aliphatic heterocycles. The van der Waals surface area contributed by atoms with E-state index in [0.29, 0.717) is 19.6 Å². The van der Waals surface area contributed by atoms with Crippen LogP contribution in [-0.2, 0) is 4.79 Å². The van der Waals surface area contributed by atoms with Gasteiger partial charge in [0.2, 0.25) is 11.9 Å². The second kappa shape index (κ2) is 9.15. The molecule has 0 unspecified atom stereocenters. The SMILES string of the molecule is Cc1ccc([C@H](NCC(=O)N2CCN(c3ncccn3)CC2)c2cccs2)cc1. The fraction of sp³-hybridized carbons (Fsp3) is 0.318. The first-order valence-corrected chi connectivity index (χ1v) is 10.7. The normalized spacial score (nSPS) is 15.3. The molecule has 0 bridgehead atoms. The number of amides is 1. The summed E-state index contributed by atoms with van der Waals surface area (Å²) in [6.45, 7) is 5.28. The Labute approximate surface area is 175 Å². The lowest BCUT2D eigenvalue weighted by molar-refractivity contribution is -0.130. The van der Waals surface area contributed by atoms with Crippen molar-refractivity contribution in [1.82, 2.24) is 20.2 Å². The monoisotopic (exact) mass is 407 g/mol. The minimum absolute atomic E-state index is 0.0264. The Morgan fingerprint density at radius 1 is 1.07 bits per heavy atom. The summed E-state index contributed by atoms with van der Waals surface area (Å²) in [5.41, 5.74) is 2.41. The average Bonchev–Trinajstić information content (AvgIpc) is 3.30. The molecule has 1 amide bonds. The Hall–Kier alpha value is -2.77. The molecular weight excluding hydrogens is 382 g/mol. The molecule has 0 saturated carbocycles. The van der Waals surface area contributed by atoms with Gasteiger partial charge in [0.05, 0.1) is 12.6 Å². The number of carbonyl (C=O) groups excluding carboxylic acids is 1. The van der Waals surface area contributed by atoms with Gasteiger partial charge in [-0.15, -0.1) is 11.3 Å². The molecule has 3 heterocycles. The van der Waals surface area contributed by atoms with Crippen molar-refractivity contribution in [2.45, 2.75) is 13.0 Å². The van der Waals surface area contributed by atoms with Crippen molar-refractivity contribution in [2.75, 3.05) is 37.6 Å². The third-order valence-corrected chi connectivity index (χ3v) is 6.10. The fourth-order valence-electron chi connectivity index (χ4n) is 3.51. The minimum Gasteiger partial charge on any atom is -0.338 e. The number of rotatable bonds is 6. The van der Waals surface area contributed by atoms with E-state index >= 15 is 0 Å². The molecule has 1 N–H and O–H groups in total. The predicted octanol–water partition coefficient (Wildman–Crippen LogP) is 2.87. The summed E-state index contributed by atoms with van der Waals surface area (Å²) in [5, 5.41) is 5.55. The fourth-order valence-corrected chi connectivity index (χ4v) is 4.34. The summed E-state index contributed by atoms with van der Waals surface area (Å²) in [6.07, 6.45) is 3.50. The Bertz CT molecular complexity index is 906. The standard InChI is InChI=1S/C22H25N5OS/c1-17-5-7-18(8-6-17)21(19-4-2-15-29-19)25-16-20(28)26-11-13-27(14-12-26)22-23-9-3-10-24-22/h2-10,15,21,25H,11-14,16H2,1H3/t21-/m0/s1. The number of nitrogens with zero attached hydrogens (tertiary/aromatic N) is 4. The summed E-state index contributed by atoms with van der Waals surface area (Å²) >= 11 is 1.71. The molecule has 7 heteroatoms. The Balaban J connectivity index is 1.36. The maximum Gasteiger partial charge on any atom is 0.236 e. The zero-order valence-corrected chi connectivity index (χ0v) is 17.3. The van der Waals surface area contributed by atoms with E-state index in [1.807, 2.05) is 11.0 Å². The van der Waals surface area contributed by atoms with Crippen LogP contribution in [0, 0.1) is 6.92 Å². The molecule has 0 aliphatic carbocycles. The minimum atomic E-state index is 0.0264. The van der Waals surface area contributed by atoms with E-state index in [-0.39, 0.29) is 11.9 Å². The highest BCUT2D eigenvalue weighted by atomic mass is 32.1. The lowest BCUT2D eigenvalue weighted by Crippen LogP contribution is -2.51. The number of nitrogens with one attached hydrogen (secondary N) is 1. The predicted molar refractivity (Wildman–Crippen MR) is 116 cm³/mol. The van der Waals surface area contributed by atoms with Crippen molar-refractivity contribution in [3.63, 3.8) is 0 Å². The van der Waals surface area contributed by atoms with Gasteiger partial charge in [-0.1, -0.05) is 35.9 Å². The van der Waals surface area contributed by atoms with Crippen LogP contribution in [-0.4, -0.2) is 53.5 Å². The highest BCUT2D eigenvalue weighted by Gasteiger charge is 2.23. The highest BCUT2D eigenvalue weighted by molar-refractivity contribution is 7.10. The second-order valence-corrected chi connectivity index (χ2v) is 8.14. The Morgan fingerprint density at radius 3 is 2.45 bits per heavy atom. The van der Waals surface area contributed by atoms with Crippen LogP contribution in [0.3, 0.4) is 0 Å². The first-order valence-electron chi connectivity index (χ1n) is 9.84. The Morgan fingerprint density at radius 2 is 1.79 bits per heavy atom. The van der Waals surface area contributed by atoms with E-state index in [9.17, 15) is 4.79 Å². The van der Waals surface area contributed by atoms with Gasteiger partial charge in [0.1, 0.15) is 0 Å². The van der Waals surface area contributed by atoms with Crippen LogP contribution in [0.1, 0.15) is 22.0 Å². The van der Waals surface area contributed by atoms with Crippen LogP contribution in [0.25, 0.3) is 0 Å². The van der Waals surface area contributed by atoms with E-state index < -0.39 is 0 Å². The third kappa shape index (κ3) is 4.81. The molecule has 1 saturated heterocycles. The smallest absolute Gasteiger partial charge is 0.236 e. The van der Waals surface area contributed by atoms with Crippen LogP contribution >= 0.6 is 11.3 Å². The van der Waals surface area contributed by atoms with E-state index in [1.54, 1.807) is 23.7 Å². The van der Waals surface area contributed by atoms with Gasteiger partial charge in [-0.05, 0) is 30.0 Å². The molecule has 0 radical (unpaired) electrons. The van der Waals surface area contributed by atoms with Gasteiger partial charge in [-0.3, -0.25) is 10.1 Å². The molecule has 1 aromatic carbocycles. The van der Waals surface area contributed by atoms with E-state index in [1.165, 1.54) is 16.0 Å². The average molecular weight is 408 g/mol. The number of aromatic nitrogens is 2. The number of carbonyl (C=O) groups is 1. The van der Waals surface area contributed by atoms with Gasteiger partial charge >= 0.3 is 0 Å². The number of aryl methyl sites for hydroxylation is 1.